The van der Waals surface area contributed by atoms with Crippen molar-refractivity contribution in [3.63, 3.8) is 0 Å². The molecule has 5 N–H and O–H groups in total. The third-order valence-corrected chi connectivity index (χ3v) is 7.41. The molecule has 1 spiro atoms. The van der Waals surface area contributed by atoms with Gasteiger partial charge in [0.25, 0.3) is 0 Å². The van der Waals surface area contributed by atoms with E-state index in [1.165, 1.54) is 24.6 Å². The molecule has 0 amide bonds. The van der Waals surface area contributed by atoms with Gasteiger partial charge in [0.15, 0.2) is 10.8 Å². The van der Waals surface area contributed by atoms with E-state index in [2.05, 4.69) is 19.9 Å². The monoisotopic (exact) mass is 406 g/mol. The van der Waals surface area contributed by atoms with E-state index >= 15 is 0 Å². The minimum absolute atomic E-state index is 0.109. The first-order chi connectivity index (χ1) is 13.0. The minimum Gasteiger partial charge on any atom is -0.491 e. The summed E-state index contributed by atoms with van der Waals surface area (Å²) >= 11 is 7.38. The first-order valence-corrected chi connectivity index (χ1v) is 10.3. The highest BCUT2D eigenvalue weighted by Crippen LogP contribution is 2.46. The van der Waals surface area contributed by atoms with E-state index in [0.717, 1.165) is 32.4 Å². The lowest BCUT2D eigenvalue weighted by Gasteiger charge is -2.42. The highest BCUT2D eigenvalue weighted by Gasteiger charge is 2.43. The molecule has 0 aromatic carbocycles. The van der Waals surface area contributed by atoms with Gasteiger partial charge in [0.2, 0.25) is 5.88 Å². The molecule has 0 radical (unpaired) electrons. The smallest absolute Gasteiger partial charge is 0.246 e. The highest BCUT2D eigenvalue weighted by atomic mass is 35.5. The van der Waals surface area contributed by atoms with Crippen molar-refractivity contribution in [1.29, 1.82) is 0 Å². The summed E-state index contributed by atoms with van der Waals surface area (Å²) < 4.78 is 0. The fourth-order valence-corrected chi connectivity index (χ4v) is 5.18. The van der Waals surface area contributed by atoms with Crippen LogP contribution in [0.3, 0.4) is 0 Å². The van der Waals surface area contributed by atoms with E-state index < -0.39 is 0 Å². The number of piperidine rings is 1. The first kappa shape index (κ1) is 18.6. The van der Waals surface area contributed by atoms with Crippen molar-refractivity contribution in [3.05, 3.63) is 23.5 Å². The zero-order chi connectivity index (χ0) is 19.0. The van der Waals surface area contributed by atoms with Crippen molar-refractivity contribution in [2.75, 3.05) is 23.7 Å². The molecule has 2 aliphatic rings. The SMILES string of the molecule is Nc1nccc(Sc2ncc(N3CCC4(CCC[C@H]4N)CC3)nc2O)c1Cl. The maximum Gasteiger partial charge on any atom is 0.246 e. The van der Waals surface area contributed by atoms with Crippen LogP contribution in [-0.4, -0.2) is 39.2 Å². The average molecular weight is 407 g/mol. The molecule has 1 saturated heterocycles. The maximum absolute atomic E-state index is 10.4. The Hall–Kier alpha value is -1.77. The third-order valence-electron chi connectivity index (χ3n) is 5.86. The van der Waals surface area contributed by atoms with Gasteiger partial charge < -0.3 is 21.5 Å². The average Bonchev–Trinajstić information content (AvgIpc) is 3.01. The van der Waals surface area contributed by atoms with Gasteiger partial charge in [0, 0.05) is 30.2 Å². The van der Waals surface area contributed by atoms with Crippen molar-refractivity contribution in [2.45, 2.75) is 48.1 Å². The number of nitrogens with zero attached hydrogens (tertiary/aromatic N) is 4. The van der Waals surface area contributed by atoms with Crippen molar-refractivity contribution < 1.29 is 5.11 Å². The van der Waals surface area contributed by atoms with E-state index in [0.29, 0.717) is 32.2 Å². The van der Waals surface area contributed by atoms with Gasteiger partial charge in [0.05, 0.1) is 11.2 Å². The predicted octanol–water partition coefficient (Wildman–Crippen LogP) is 3.06. The van der Waals surface area contributed by atoms with Gasteiger partial charge in [-0.25, -0.2) is 9.97 Å². The topological polar surface area (TPSA) is 114 Å². The lowest BCUT2D eigenvalue weighted by Crippen LogP contribution is -2.47. The molecule has 1 saturated carbocycles. The highest BCUT2D eigenvalue weighted by molar-refractivity contribution is 7.99. The third kappa shape index (κ3) is 3.53. The number of aromatic nitrogens is 3. The lowest BCUT2D eigenvalue weighted by molar-refractivity contribution is 0.197. The van der Waals surface area contributed by atoms with Crippen LogP contribution in [0.25, 0.3) is 0 Å². The summed E-state index contributed by atoms with van der Waals surface area (Å²) in [6, 6.07) is 2.04. The number of rotatable bonds is 3. The van der Waals surface area contributed by atoms with Crippen LogP contribution in [0, 0.1) is 5.41 Å². The molecule has 1 aliphatic carbocycles. The molecule has 9 heteroatoms. The first-order valence-electron chi connectivity index (χ1n) is 9.13. The Kier molecular flexibility index (Phi) is 5.05. The summed E-state index contributed by atoms with van der Waals surface area (Å²) in [5, 5.41) is 11.1. The minimum atomic E-state index is -0.109. The van der Waals surface area contributed by atoms with Crippen LogP contribution < -0.4 is 16.4 Å². The molecule has 4 rings (SSSR count). The van der Waals surface area contributed by atoms with Gasteiger partial charge >= 0.3 is 0 Å². The summed E-state index contributed by atoms with van der Waals surface area (Å²) in [6.07, 6.45) is 9.00. The number of hydrogen-bond acceptors (Lipinski definition) is 8. The Bertz CT molecular complexity index is 843. The normalized spacial score (nSPS) is 21.7. The Balaban J connectivity index is 1.47. The number of nitrogen functional groups attached to an aromatic ring is 1. The lowest BCUT2D eigenvalue weighted by atomic mass is 9.74. The van der Waals surface area contributed by atoms with Crippen LogP contribution in [0.15, 0.2) is 28.4 Å². The predicted molar refractivity (Wildman–Crippen MR) is 107 cm³/mol. The second kappa shape index (κ2) is 7.33. The molecule has 2 aromatic rings. The van der Waals surface area contributed by atoms with Crippen LogP contribution in [0.4, 0.5) is 11.6 Å². The molecule has 27 heavy (non-hydrogen) atoms. The number of nitrogens with two attached hydrogens (primary N) is 2. The zero-order valence-corrected chi connectivity index (χ0v) is 16.5. The zero-order valence-electron chi connectivity index (χ0n) is 14.9. The second-order valence-electron chi connectivity index (χ2n) is 7.32. The van der Waals surface area contributed by atoms with Gasteiger partial charge in [-0.3, -0.25) is 0 Å². The Labute approximate surface area is 167 Å². The van der Waals surface area contributed by atoms with E-state index in [1.807, 2.05) is 0 Å². The molecule has 0 unspecified atom stereocenters. The fourth-order valence-electron chi connectivity index (χ4n) is 4.18. The summed E-state index contributed by atoms with van der Waals surface area (Å²) in [5.74, 6) is 0.832. The summed E-state index contributed by atoms with van der Waals surface area (Å²) in [7, 11) is 0. The standard InChI is InChI=1S/C18H23ClN6OS/c19-14-11(3-7-22-15(14)21)27-17-16(26)24-13(10-23-17)25-8-5-18(6-9-25)4-1-2-12(18)20/h3,7,10,12H,1-2,4-6,8-9,20H2,(H2,21,22)(H,24,26)/t12-/m1/s1. The largest absolute Gasteiger partial charge is 0.491 e. The number of pyridine rings is 1. The molecule has 2 fully saturated rings. The number of anilines is 2. The fraction of sp³-hybridized carbons (Fsp3) is 0.500. The summed E-state index contributed by atoms with van der Waals surface area (Å²) in [4.78, 5) is 15.5. The van der Waals surface area contributed by atoms with E-state index in [4.69, 9.17) is 23.1 Å². The van der Waals surface area contributed by atoms with Gasteiger partial charge in [-0.2, -0.15) is 4.98 Å². The molecule has 1 atom stereocenters. The molecule has 1 aliphatic heterocycles. The molecular weight excluding hydrogens is 384 g/mol. The Morgan fingerprint density at radius 1 is 1.26 bits per heavy atom. The van der Waals surface area contributed by atoms with E-state index in [9.17, 15) is 5.11 Å². The van der Waals surface area contributed by atoms with Gasteiger partial charge in [-0.05, 0) is 37.2 Å². The van der Waals surface area contributed by atoms with E-state index in [1.54, 1.807) is 18.5 Å². The van der Waals surface area contributed by atoms with Gasteiger partial charge in [-0.1, -0.05) is 29.8 Å². The molecule has 2 aromatic heterocycles. The molecule has 3 heterocycles. The van der Waals surface area contributed by atoms with Crippen LogP contribution in [0.2, 0.25) is 5.02 Å². The molecular formula is C18H23ClN6OS. The van der Waals surface area contributed by atoms with Crippen LogP contribution in [0.5, 0.6) is 5.88 Å². The van der Waals surface area contributed by atoms with Gasteiger partial charge in [0.1, 0.15) is 5.82 Å². The Morgan fingerprint density at radius 2 is 2.04 bits per heavy atom. The summed E-state index contributed by atoms with van der Waals surface area (Å²) in [6.45, 7) is 1.78. The maximum atomic E-state index is 10.4. The van der Waals surface area contributed by atoms with Crippen LogP contribution in [0.1, 0.15) is 32.1 Å². The van der Waals surface area contributed by atoms with Gasteiger partial charge in [-0.15, -0.1) is 0 Å². The van der Waals surface area contributed by atoms with Crippen LogP contribution in [-0.2, 0) is 0 Å². The summed E-state index contributed by atoms with van der Waals surface area (Å²) in [5.41, 5.74) is 12.4. The Morgan fingerprint density at radius 3 is 2.70 bits per heavy atom. The second-order valence-corrected chi connectivity index (χ2v) is 8.72. The molecule has 7 nitrogen and oxygen atoms in total. The van der Waals surface area contributed by atoms with Crippen molar-refractivity contribution in [1.82, 2.24) is 15.0 Å². The number of hydrogen-bond donors (Lipinski definition) is 3. The van der Waals surface area contributed by atoms with Crippen molar-refractivity contribution >= 4 is 35.0 Å². The molecule has 144 valence electrons. The molecule has 0 bridgehead atoms. The van der Waals surface area contributed by atoms with Crippen LogP contribution >= 0.6 is 23.4 Å². The number of halogens is 1. The quantitative estimate of drug-likeness (QED) is 0.712. The number of aromatic hydroxyl groups is 1. The van der Waals surface area contributed by atoms with Crippen molar-refractivity contribution in [2.24, 2.45) is 11.1 Å². The van der Waals surface area contributed by atoms with Crippen molar-refractivity contribution in [3.8, 4) is 5.88 Å². The van der Waals surface area contributed by atoms with E-state index in [-0.39, 0.29) is 11.7 Å².